The lowest BCUT2D eigenvalue weighted by Gasteiger charge is -2.09. The van der Waals surface area contributed by atoms with Crippen LogP contribution in [-0.4, -0.2) is 4.57 Å². The molecule has 0 aliphatic carbocycles. The average molecular weight is 319 g/mol. The second-order valence-corrected chi connectivity index (χ2v) is 6.53. The van der Waals surface area contributed by atoms with Crippen molar-refractivity contribution in [3.05, 3.63) is 68.3 Å². The molecular formula is C16H15ClN2OS. The molecule has 1 atom stereocenters. The van der Waals surface area contributed by atoms with Gasteiger partial charge in [0.25, 0.3) is 0 Å². The van der Waals surface area contributed by atoms with E-state index >= 15 is 0 Å². The first-order chi connectivity index (χ1) is 10.0. The van der Waals surface area contributed by atoms with Gasteiger partial charge in [-0.15, -0.1) is 0 Å². The predicted molar refractivity (Wildman–Crippen MR) is 89.2 cm³/mol. The van der Waals surface area contributed by atoms with Crippen molar-refractivity contribution in [2.24, 2.45) is 5.73 Å². The van der Waals surface area contributed by atoms with Gasteiger partial charge in [-0.3, -0.25) is 9.36 Å². The molecule has 1 heterocycles. The highest BCUT2D eigenvalue weighted by Crippen LogP contribution is 2.22. The molecular weight excluding hydrogens is 304 g/mol. The molecule has 0 aliphatic heterocycles. The Balaban J connectivity index is 2.05. The van der Waals surface area contributed by atoms with E-state index in [0.29, 0.717) is 11.6 Å². The van der Waals surface area contributed by atoms with Crippen LogP contribution >= 0.6 is 22.9 Å². The number of rotatable bonds is 3. The van der Waals surface area contributed by atoms with Crippen LogP contribution in [0.1, 0.15) is 24.1 Å². The number of halogens is 1. The molecule has 1 aromatic heterocycles. The van der Waals surface area contributed by atoms with Gasteiger partial charge < -0.3 is 5.73 Å². The van der Waals surface area contributed by atoms with Gasteiger partial charge >= 0.3 is 4.87 Å². The zero-order valence-electron chi connectivity index (χ0n) is 11.5. The number of thiazole rings is 1. The van der Waals surface area contributed by atoms with Crippen LogP contribution in [-0.2, 0) is 6.54 Å². The summed E-state index contributed by atoms with van der Waals surface area (Å²) < 4.78 is 2.71. The van der Waals surface area contributed by atoms with Crippen molar-refractivity contribution in [2.75, 3.05) is 0 Å². The Morgan fingerprint density at radius 2 is 2.10 bits per heavy atom. The second-order valence-electron chi connectivity index (χ2n) is 5.10. The SMILES string of the molecule is CC(N)c1cccc(Cn2c(=O)sc3ccc(Cl)cc32)c1. The van der Waals surface area contributed by atoms with Gasteiger partial charge in [0.15, 0.2) is 0 Å². The van der Waals surface area contributed by atoms with Crippen LogP contribution in [0.25, 0.3) is 10.2 Å². The largest absolute Gasteiger partial charge is 0.324 e. The highest BCUT2D eigenvalue weighted by Gasteiger charge is 2.09. The van der Waals surface area contributed by atoms with Crippen molar-refractivity contribution in [1.29, 1.82) is 0 Å². The topological polar surface area (TPSA) is 48.0 Å². The molecule has 3 rings (SSSR count). The molecule has 3 nitrogen and oxygen atoms in total. The van der Waals surface area contributed by atoms with Crippen molar-refractivity contribution in [3.8, 4) is 0 Å². The molecule has 5 heteroatoms. The van der Waals surface area contributed by atoms with Gasteiger partial charge in [0.1, 0.15) is 0 Å². The Kier molecular flexibility index (Phi) is 3.85. The van der Waals surface area contributed by atoms with Gasteiger partial charge in [0.2, 0.25) is 0 Å². The van der Waals surface area contributed by atoms with Crippen molar-refractivity contribution >= 4 is 33.2 Å². The fraction of sp³-hybridized carbons (Fsp3) is 0.188. The van der Waals surface area contributed by atoms with Crippen LogP contribution in [0.2, 0.25) is 5.02 Å². The van der Waals surface area contributed by atoms with Crippen LogP contribution in [0, 0.1) is 0 Å². The summed E-state index contributed by atoms with van der Waals surface area (Å²) in [6.45, 7) is 2.48. The Bertz CT molecular complexity index is 851. The van der Waals surface area contributed by atoms with Crippen LogP contribution in [0.5, 0.6) is 0 Å². The summed E-state index contributed by atoms with van der Waals surface area (Å²) in [5, 5.41) is 0.637. The number of nitrogens with zero attached hydrogens (tertiary/aromatic N) is 1. The third-order valence-corrected chi connectivity index (χ3v) is 4.64. The number of nitrogens with two attached hydrogens (primary N) is 1. The van der Waals surface area contributed by atoms with Gasteiger partial charge in [-0.1, -0.05) is 47.2 Å². The van der Waals surface area contributed by atoms with E-state index in [4.69, 9.17) is 17.3 Å². The molecule has 0 radical (unpaired) electrons. The quantitative estimate of drug-likeness (QED) is 0.798. The summed E-state index contributed by atoms with van der Waals surface area (Å²) in [6, 6.07) is 13.5. The predicted octanol–water partition coefficient (Wildman–Crippen LogP) is 3.78. The van der Waals surface area contributed by atoms with Gasteiger partial charge in [0, 0.05) is 11.1 Å². The zero-order valence-corrected chi connectivity index (χ0v) is 13.1. The molecule has 2 aromatic carbocycles. The highest BCUT2D eigenvalue weighted by atomic mass is 35.5. The number of benzene rings is 2. The fourth-order valence-corrected chi connectivity index (χ4v) is 3.38. The summed E-state index contributed by atoms with van der Waals surface area (Å²) >= 11 is 7.28. The molecule has 0 aliphatic rings. The minimum Gasteiger partial charge on any atom is -0.324 e. The first-order valence-corrected chi connectivity index (χ1v) is 7.87. The first kappa shape index (κ1) is 14.3. The van der Waals surface area contributed by atoms with Gasteiger partial charge in [-0.2, -0.15) is 0 Å². The van der Waals surface area contributed by atoms with E-state index in [0.717, 1.165) is 21.3 Å². The molecule has 0 saturated heterocycles. The number of aromatic nitrogens is 1. The maximum absolute atomic E-state index is 12.2. The monoisotopic (exact) mass is 318 g/mol. The lowest BCUT2D eigenvalue weighted by molar-refractivity contribution is 0.792. The molecule has 0 bridgehead atoms. The zero-order chi connectivity index (χ0) is 15.0. The minimum atomic E-state index is -0.0182. The minimum absolute atomic E-state index is 0.0182. The molecule has 0 fully saturated rings. The summed E-state index contributed by atoms with van der Waals surface area (Å²) in [4.78, 5) is 12.2. The maximum atomic E-state index is 12.2. The van der Waals surface area contributed by atoms with E-state index in [2.05, 4.69) is 0 Å². The van der Waals surface area contributed by atoms with Gasteiger partial charge in [0.05, 0.1) is 16.8 Å². The van der Waals surface area contributed by atoms with Crippen molar-refractivity contribution in [1.82, 2.24) is 4.57 Å². The fourth-order valence-electron chi connectivity index (χ4n) is 2.34. The van der Waals surface area contributed by atoms with Crippen LogP contribution in [0.4, 0.5) is 0 Å². The van der Waals surface area contributed by atoms with E-state index < -0.39 is 0 Å². The highest BCUT2D eigenvalue weighted by molar-refractivity contribution is 7.16. The Morgan fingerprint density at radius 1 is 1.29 bits per heavy atom. The third kappa shape index (κ3) is 2.88. The Hall–Kier alpha value is -1.62. The van der Waals surface area contributed by atoms with Crippen molar-refractivity contribution < 1.29 is 0 Å². The van der Waals surface area contributed by atoms with Gasteiger partial charge in [-0.25, -0.2) is 0 Å². The van der Waals surface area contributed by atoms with E-state index in [9.17, 15) is 4.79 Å². The lowest BCUT2D eigenvalue weighted by atomic mass is 10.1. The standard InChI is InChI=1S/C16H15ClN2OS/c1-10(18)12-4-2-3-11(7-12)9-19-14-8-13(17)5-6-15(14)21-16(19)20/h2-8,10H,9,18H2,1H3. The van der Waals surface area contributed by atoms with Gasteiger partial charge in [-0.05, 0) is 36.2 Å². The number of hydrogen-bond donors (Lipinski definition) is 1. The Morgan fingerprint density at radius 3 is 2.86 bits per heavy atom. The second kappa shape index (κ2) is 5.64. The van der Waals surface area contributed by atoms with Crippen molar-refractivity contribution in [3.63, 3.8) is 0 Å². The third-order valence-electron chi connectivity index (χ3n) is 3.45. The lowest BCUT2D eigenvalue weighted by Crippen LogP contribution is -2.14. The molecule has 2 N–H and O–H groups in total. The van der Waals surface area contributed by atoms with E-state index in [1.54, 1.807) is 10.6 Å². The summed E-state index contributed by atoms with van der Waals surface area (Å²) in [7, 11) is 0. The molecule has 0 amide bonds. The molecule has 3 aromatic rings. The number of hydrogen-bond acceptors (Lipinski definition) is 3. The van der Waals surface area contributed by atoms with E-state index in [1.165, 1.54) is 11.3 Å². The summed E-state index contributed by atoms with van der Waals surface area (Å²) in [6.07, 6.45) is 0. The smallest absolute Gasteiger partial charge is 0.308 e. The van der Waals surface area contributed by atoms with Crippen LogP contribution in [0.3, 0.4) is 0 Å². The maximum Gasteiger partial charge on any atom is 0.308 e. The van der Waals surface area contributed by atoms with Crippen LogP contribution in [0.15, 0.2) is 47.3 Å². The molecule has 0 saturated carbocycles. The summed E-state index contributed by atoms with van der Waals surface area (Å²) in [5.41, 5.74) is 8.92. The molecule has 108 valence electrons. The molecule has 21 heavy (non-hydrogen) atoms. The van der Waals surface area contributed by atoms with E-state index in [-0.39, 0.29) is 10.9 Å². The molecule has 0 spiro atoms. The normalized spacial score (nSPS) is 12.7. The average Bonchev–Trinajstić information content (AvgIpc) is 2.75. The molecule has 1 unspecified atom stereocenters. The Labute approximate surface area is 131 Å². The van der Waals surface area contributed by atoms with Crippen LogP contribution < -0.4 is 10.6 Å². The number of fused-ring (bicyclic) bond motifs is 1. The van der Waals surface area contributed by atoms with Crippen molar-refractivity contribution in [2.45, 2.75) is 19.5 Å². The summed E-state index contributed by atoms with van der Waals surface area (Å²) in [5.74, 6) is 0. The van der Waals surface area contributed by atoms with E-state index in [1.807, 2.05) is 43.3 Å². The first-order valence-electron chi connectivity index (χ1n) is 6.68.